The third-order valence-corrected chi connectivity index (χ3v) is 9.86. The van der Waals surface area contributed by atoms with Crippen LogP contribution in [-0.4, -0.2) is 23.0 Å². The molecule has 0 saturated carbocycles. The van der Waals surface area contributed by atoms with Crippen LogP contribution in [0.2, 0.25) is 19.6 Å². The smallest absolute Gasteiger partial charge is 0.216 e. The summed E-state index contributed by atoms with van der Waals surface area (Å²) in [6.07, 6.45) is 2.13. The number of pyridine rings is 3. The van der Waals surface area contributed by atoms with Crippen LogP contribution in [0.5, 0.6) is 0 Å². The van der Waals surface area contributed by atoms with E-state index in [0.717, 1.165) is 33.3 Å². The van der Waals surface area contributed by atoms with Crippen molar-refractivity contribution in [1.82, 2.24) is 15.0 Å². The van der Waals surface area contributed by atoms with Crippen LogP contribution < -0.4 is 5.19 Å². The molecule has 6 heteroatoms. The van der Waals surface area contributed by atoms with Gasteiger partial charge in [0.15, 0.2) is 0 Å². The molecular formula is C41H39IrN3OSi-2. The molecule has 0 atom stereocenters. The fourth-order valence-corrected chi connectivity index (χ4v) is 6.12. The van der Waals surface area contributed by atoms with Gasteiger partial charge in [0, 0.05) is 52.7 Å². The minimum absolute atomic E-state index is 0. The van der Waals surface area contributed by atoms with Crippen molar-refractivity contribution in [3.63, 3.8) is 0 Å². The second kappa shape index (κ2) is 14.3. The van der Waals surface area contributed by atoms with Crippen LogP contribution >= 0.6 is 0 Å². The largest absolute Gasteiger partial charge is 0.486 e. The van der Waals surface area contributed by atoms with Crippen molar-refractivity contribution in [2.45, 2.75) is 52.2 Å². The molecule has 3 aromatic carbocycles. The van der Waals surface area contributed by atoms with E-state index in [1.165, 1.54) is 10.8 Å². The Morgan fingerprint density at radius 1 is 0.787 bits per heavy atom. The zero-order chi connectivity index (χ0) is 34.1. The first kappa shape index (κ1) is 31.4. The van der Waals surface area contributed by atoms with E-state index in [2.05, 4.69) is 85.7 Å². The molecule has 0 aliphatic heterocycles. The number of hydrogen-bond donors (Lipinski definition) is 0. The van der Waals surface area contributed by atoms with Gasteiger partial charge in [0.25, 0.3) is 0 Å². The van der Waals surface area contributed by atoms with Crippen molar-refractivity contribution >= 4 is 35.3 Å². The van der Waals surface area contributed by atoms with Crippen LogP contribution in [0.3, 0.4) is 0 Å². The van der Waals surface area contributed by atoms with E-state index >= 15 is 0 Å². The normalized spacial score (nSPS) is 12.5. The molecule has 0 bridgehead atoms. The van der Waals surface area contributed by atoms with E-state index in [1.54, 1.807) is 18.2 Å². The number of hydrogen-bond acceptors (Lipinski definition) is 4. The maximum atomic E-state index is 8.58. The van der Waals surface area contributed by atoms with Crippen LogP contribution in [0.1, 0.15) is 40.3 Å². The molecule has 0 saturated heterocycles. The summed E-state index contributed by atoms with van der Waals surface area (Å²) < 4.78 is 23.1. The van der Waals surface area contributed by atoms with Crippen molar-refractivity contribution in [3.8, 4) is 22.5 Å². The van der Waals surface area contributed by atoms with Crippen molar-refractivity contribution in [2.75, 3.05) is 0 Å². The number of furan rings is 1. The third kappa shape index (κ3) is 8.20. The SMILES string of the molecule is C[Si](C)(C)c1ccc(-c2[c-]cccc2)nc1.[2H]C([2H])(c1ccccc1)c1ccc2c(n1)oc1c[c-]c(-c3cc(C(C)(C)C)ccn3)cc12.[Ir]. The zero-order valence-electron chi connectivity index (χ0n) is 29.6. The van der Waals surface area contributed by atoms with E-state index in [4.69, 9.17) is 7.16 Å². The number of fused-ring (bicyclic) bond motifs is 3. The standard InChI is InChI=1S/C27H23N2O.C14H16NSi.Ir/c1-27(2,3)20-13-14-28-24(17-20)19-9-12-25-23(16-19)22-11-10-21(29-26(22)30-25)15-18-7-5-4-6-8-18;1-16(2,3)13-9-10-14(15-11-13)12-7-5-4-6-8-12;/h4-8,10-14,16-17H,15H2,1-3H3;4-7,9-11H,1-3H3;/q2*-1;/i15D2;;. The number of nitrogens with zero attached hydrogens (tertiary/aromatic N) is 3. The molecule has 4 heterocycles. The molecule has 7 rings (SSSR count). The molecule has 0 N–H and O–H groups in total. The van der Waals surface area contributed by atoms with Gasteiger partial charge in [-0.1, -0.05) is 94.3 Å². The molecular weight excluding hydrogens is 771 g/mol. The average molecular weight is 812 g/mol. The zero-order valence-corrected chi connectivity index (χ0v) is 30.9. The van der Waals surface area contributed by atoms with Gasteiger partial charge in [-0.3, -0.25) is 0 Å². The summed E-state index contributed by atoms with van der Waals surface area (Å²) in [5.74, 6) is 0. The van der Waals surface area contributed by atoms with Crippen LogP contribution in [0.15, 0.2) is 120 Å². The maximum Gasteiger partial charge on any atom is 0.216 e. The maximum absolute atomic E-state index is 8.58. The van der Waals surface area contributed by atoms with Crippen LogP contribution in [0.25, 0.3) is 44.6 Å². The van der Waals surface area contributed by atoms with E-state index in [9.17, 15) is 0 Å². The van der Waals surface area contributed by atoms with Crippen LogP contribution in [0.4, 0.5) is 0 Å². The predicted molar refractivity (Wildman–Crippen MR) is 193 cm³/mol. The molecule has 0 aliphatic carbocycles. The molecule has 4 nitrogen and oxygen atoms in total. The number of benzene rings is 3. The number of rotatable bonds is 5. The van der Waals surface area contributed by atoms with E-state index in [1.807, 2.05) is 79.1 Å². The molecule has 1 radical (unpaired) electrons. The Kier molecular flexibility index (Phi) is 9.53. The van der Waals surface area contributed by atoms with E-state index in [-0.39, 0.29) is 25.5 Å². The quantitative estimate of drug-likeness (QED) is 0.128. The summed E-state index contributed by atoms with van der Waals surface area (Å²) in [6.45, 7) is 13.5. The summed E-state index contributed by atoms with van der Waals surface area (Å²) in [7, 11) is -1.23. The molecule has 7 aromatic rings. The molecule has 0 unspecified atom stereocenters. The minimum Gasteiger partial charge on any atom is -0.486 e. The molecule has 4 aromatic heterocycles. The molecule has 0 aliphatic rings. The average Bonchev–Trinajstić information content (AvgIpc) is 3.46. The third-order valence-electron chi connectivity index (χ3n) is 7.83. The van der Waals surface area contributed by atoms with Gasteiger partial charge in [-0.25, -0.2) is 4.98 Å². The van der Waals surface area contributed by atoms with Gasteiger partial charge >= 0.3 is 0 Å². The second-order valence-corrected chi connectivity index (χ2v) is 18.5. The van der Waals surface area contributed by atoms with Gasteiger partial charge < -0.3 is 14.4 Å². The van der Waals surface area contributed by atoms with Crippen molar-refractivity contribution in [2.24, 2.45) is 0 Å². The Morgan fingerprint density at radius 2 is 1.57 bits per heavy atom. The Labute approximate surface area is 295 Å². The molecule has 0 spiro atoms. The first-order valence-electron chi connectivity index (χ1n) is 16.5. The fourth-order valence-electron chi connectivity index (χ4n) is 5.08. The van der Waals surface area contributed by atoms with E-state index in [0.29, 0.717) is 22.6 Å². The first-order valence-corrected chi connectivity index (χ1v) is 19.0. The molecule has 0 amide bonds. The monoisotopic (exact) mass is 812 g/mol. The minimum atomic E-state index is -1.72. The Hall–Kier alpha value is -4.22. The molecule has 239 valence electrons. The van der Waals surface area contributed by atoms with Gasteiger partial charge in [0.2, 0.25) is 5.71 Å². The van der Waals surface area contributed by atoms with Gasteiger partial charge in [-0.05, 0) is 51.3 Å². The summed E-state index contributed by atoms with van der Waals surface area (Å²) in [4.78, 5) is 13.6. The van der Waals surface area contributed by atoms with Crippen LogP contribution in [0, 0.1) is 12.1 Å². The summed E-state index contributed by atoms with van der Waals surface area (Å²) in [5, 5.41) is 3.15. The summed E-state index contributed by atoms with van der Waals surface area (Å²) in [5.41, 5.74) is 7.01. The predicted octanol–water partition coefficient (Wildman–Crippen LogP) is 9.82. The van der Waals surface area contributed by atoms with Crippen molar-refractivity contribution < 1.29 is 27.3 Å². The van der Waals surface area contributed by atoms with Crippen LogP contribution in [-0.2, 0) is 31.9 Å². The summed E-state index contributed by atoms with van der Waals surface area (Å²) in [6, 6.07) is 39.4. The van der Waals surface area contributed by atoms with Gasteiger partial charge in [0.1, 0.15) is 0 Å². The summed E-state index contributed by atoms with van der Waals surface area (Å²) >= 11 is 0. The Morgan fingerprint density at radius 3 is 2.26 bits per heavy atom. The fraction of sp³-hybridized carbons (Fsp3) is 0.195. The topological polar surface area (TPSA) is 51.8 Å². The Balaban J connectivity index is 0.000000233. The van der Waals surface area contributed by atoms with Gasteiger partial charge in [0.05, 0.1) is 13.7 Å². The van der Waals surface area contributed by atoms with Crippen molar-refractivity contribution in [3.05, 3.63) is 144 Å². The van der Waals surface area contributed by atoms with Gasteiger partial charge in [-0.15, -0.1) is 59.7 Å². The van der Waals surface area contributed by atoms with Gasteiger partial charge in [-0.2, -0.15) is 0 Å². The molecule has 0 fully saturated rings. The first-order chi connectivity index (χ1) is 22.8. The molecule has 47 heavy (non-hydrogen) atoms. The Bertz CT molecular complexity index is 2170. The number of aromatic nitrogens is 3. The van der Waals surface area contributed by atoms with Crippen molar-refractivity contribution in [1.29, 1.82) is 0 Å². The van der Waals surface area contributed by atoms with E-state index < -0.39 is 14.4 Å². The second-order valence-electron chi connectivity index (χ2n) is 13.4.